The van der Waals surface area contributed by atoms with Crippen molar-refractivity contribution in [2.75, 3.05) is 0 Å². The van der Waals surface area contributed by atoms with Gasteiger partial charge >= 0.3 is 0 Å². The highest BCUT2D eigenvalue weighted by atomic mass is 19.1. The van der Waals surface area contributed by atoms with Crippen LogP contribution in [0.4, 0.5) is 4.39 Å². The maximum Gasteiger partial charge on any atom is 0.123 e. The Labute approximate surface area is 106 Å². The maximum absolute atomic E-state index is 12.8. The van der Waals surface area contributed by atoms with Crippen molar-refractivity contribution in [3.63, 3.8) is 0 Å². The van der Waals surface area contributed by atoms with Gasteiger partial charge in [0.05, 0.1) is 11.8 Å². The second kappa shape index (κ2) is 5.78. The number of aryl methyl sites for hydroxylation is 1. The van der Waals surface area contributed by atoms with Crippen LogP contribution in [0, 0.1) is 5.82 Å². The number of aliphatic hydroxyl groups is 1. The van der Waals surface area contributed by atoms with E-state index in [1.807, 2.05) is 10.7 Å². The third-order valence-electron chi connectivity index (χ3n) is 2.87. The zero-order valence-electron chi connectivity index (χ0n) is 10.4. The van der Waals surface area contributed by atoms with Gasteiger partial charge in [-0.25, -0.2) is 4.39 Å². The highest BCUT2D eigenvalue weighted by Gasteiger charge is 2.13. The summed E-state index contributed by atoms with van der Waals surface area (Å²) in [5.74, 6) is -0.260. The van der Waals surface area contributed by atoms with Crippen LogP contribution < -0.4 is 0 Å². The number of rotatable bonds is 5. The first-order valence-corrected chi connectivity index (χ1v) is 6.15. The lowest BCUT2D eigenvalue weighted by molar-refractivity contribution is 0.166. The van der Waals surface area contributed by atoms with Crippen LogP contribution in [0.2, 0.25) is 0 Å². The van der Waals surface area contributed by atoms with Gasteiger partial charge in [0.15, 0.2) is 0 Å². The number of nitrogens with zero attached hydrogens (tertiary/aromatic N) is 2. The predicted molar refractivity (Wildman–Crippen MR) is 67.6 cm³/mol. The first-order chi connectivity index (χ1) is 8.70. The van der Waals surface area contributed by atoms with Gasteiger partial charge in [0.1, 0.15) is 5.82 Å². The molecule has 1 atom stereocenters. The molecule has 0 spiro atoms. The average molecular weight is 248 g/mol. The molecule has 1 aromatic carbocycles. The number of aliphatic hydroxyl groups excluding tert-OH is 1. The summed E-state index contributed by atoms with van der Waals surface area (Å²) in [6, 6.07) is 8.03. The highest BCUT2D eigenvalue weighted by molar-refractivity contribution is 5.19. The van der Waals surface area contributed by atoms with E-state index in [-0.39, 0.29) is 5.82 Å². The van der Waals surface area contributed by atoms with Crippen molar-refractivity contribution in [2.24, 2.45) is 0 Å². The summed E-state index contributed by atoms with van der Waals surface area (Å²) in [6.45, 7) is 2.86. The van der Waals surface area contributed by atoms with E-state index in [0.29, 0.717) is 6.42 Å². The predicted octanol–water partition coefficient (Wildman–Crippen LogP) is 2.71. The number of hydrogen-bond donors (Lipinski definition) is 1. The standard InChI is InChI=1S/C14H17FN2O/c1-2-9-17-13(7-8-16-17)14(18)10-11-3-5-12(15)6-4-11/h3-8,14,18H,2,9-10H2,1H3. The fourth-order valence-electron chi connectivity index (χ4n) is 1.97. The minimum absolute atomic E-state index is 0.260. The summed E-state index contributed by atoms with van der Waals surface area (Å²) in [5, 5.41) is 14.4. The highest BCUT2D eigenvalue weighted by Crippen LogP contribution is 2.18. The van der Waals surface area contributed by atoms with Crippen LogP contribution >= 0.6 is 0 Å². The Morgan fingerprint density at radius 1 is 1.28 bits per heavy atom. The van der Waals surface area contributed by atoms with Crippen molar-refractivity contribution < 1.29 is 9.50 Å². The minimum Gasteiger partial charge on any atom is -0.386 e. The van der Waals surface area contributed by atoms with Crippen LogP contribution in [0.5, 0.6) is 0 Å². The molecule has 4 heteroatoms. The molecule has 0 fully saturated rings. The molecule has 0 aliphatic heterocycles. The average Bonchev–Trinajstić information content (AvgIpc) is 2.81. The summed E-state index contributed by atoms with van der Waals surface area (Å²) in [5.41, 5.74) is 1.72. The Morgan fingerprint density at radius 2 is 2.00 bits per heavy atom. The lowest BCUT2D eigenvalue weighted by atomic mass is 10.1. The quantitative estimate of drug-likeness (QED) is 0.883. The lowest BCUT2D eigenvalue weighted by Gasteiger charge is -2.13. The van der Waals surface area contributed by atoms with E-state index in [0.717, 1.165) is 24.2 Å². The van der Waals surface area contributed by atoms with Gasteiger partial charge in [-0.15, -0.1) is 0 Å². The monoisotopic (exact) mass is 248 g/mol. The number of halogens is 1. The minimum atomic E-state index is -0.607. The molecule has 0 radical (unpaired) electrons. The Morgan fingerprint density at radius 3 is 2.67 bits per heavy atom. The first-order valence-electron chi connectivity index (χ1n) is 6.15. The molecule has 1 heterocycles. The van der Waals surface area contributed by atoms with E-state index in [1.165, 1.54) is 12.1 Å². The zero-order valence-corrected chi connectivity index (χ0v) is 10.4. The van der Waals surface area contributed by atoms with E-state index in [1.54, 1.807) is 18.3 Å². The van der Waals surface area contributed by atoms with Gasteiger partial charge < -0.3 is 5.11 Å². The van der Waals surface area contributed by atoms with Gasteiger partial charge in [-0.3, -0.25) is 4.68 Å². The van der Waals surface area contributed by atoms with Gasteiger partial charge in [0.2, 0.25) is 0 Å². The summed E-state index contributed by atoms with van der Waals surface area (Å²) < 4.78 is 14.6. The third kappa shape index (κ3) is 2.96. The molecule has 0 amide bonds. The van der Waals surface area contributed by atoms with E-state index in [2.05, 4.69) is 12.0 Å². The van der Waals surface area contributed by atoms with Crippen molar-refractivity contribution in [3.8, 4) is 0 Å². The molecule has 2 rings (SSSR count). The Hall–Kier alpha value is -1.68. The van der Waals surface area contributed by atoms with E-state index in [9.17, 15) is 9.50 Å². The molecule has 0 bridgehead atoms. The number of aromatic nitrogens is 2. The molecule has 2 aromatic rings. The van der Waals surface area contributed by atoms with Crippen molar-refractivity contribution >= 4 is 0 Å². The van der Waals surface area contributed by atoms with Crippen molar-refractivity contribution in [3.05, 3.63) is 53.6 Å². The fourth-order valence-corrected chi connectivity index (χ4v) is 1.97. The molecule has 18 heavy (non-hydrogen) atoms. The molecule has 0 aliphatic rings. The molecule has 1 N–H and O–H groups in total. The van der Waals surface area contributed by atoms with Gasteiger partial charge in [-0.2, -0.15) is 5.10 Å². The van der Waals surface area contributed by atoms with Crippen LogP contribution in [0.25, 0.3) is 0 Å². The topological polar surface area (TPSA) is 38.0 Å². The third-order valence-corrected chi connectivity index (χ3v) is 2.87. The molecule has 0 aliphatic carbocycles. The molecule has 0 saturated carbocycles. The van der Waals surface area contributed by atoms with Crippen LogP contribution in [-0.4, -0.2) is 14.9 Å². The van der Waals surface area contributed by atoms with Crippen LogP contribution in [-0.2, 0) is 13.0 Å². The summed E-state index contributed by atoms with van der Waals surface area (Å²) in [7, 11) is 0. The molecule has 1 unspecified atom stereocenters. The zero-order chi connectivity index (χ0) is 13.0. The van der Waals surface area contributed by atoms with Crippen molar-refractivity contribution in [1.82, 2.24) is 9.78 Å². The number of benzene rings is 1. The summed E-state index contributed by atoms with van der Waals surface area (Å²) in [4.78, 5) is 0. The number of hydrogen-bond acceptors (Lipinski definition) is 2. The molecule has 1 aromatic heterocycles. The van der Waals surface area contributed by atoms with Crippen molar-refractivity contribution in [2.45, 2.75) is 32.4 Å². The van der Waals surface area contributed by atoms with Crippen molar-refractivity contribution in [1.29, 1.82) is 0 Å². The summed E-state index contributed by atoms with van der Waals surface area (Å²) >= 11 is 0. The van der Waals surface area contributed by atoms with E-state index >= 15 is 0 Å². The Kier molecular flexibility index (Phi) is 4.10. The summed E-state index contributed by atoms with van der Waals surface area (Å²) in [6.07, 6.45) is 2.52. The Balaban J connectivity index is 2.09. The SMILES string of the molecule is CCCn1nccc1C(O)Cc1ccc(F)cc1. The molecule has 3 nitrogen and oxygen atoms in total. The van der Waals surface area contributed by atoms with E-state index < -0.39 is 6.10 Å². The fraction of sp³-hybridized carbons (Fsp3) is 0.357. The molecule has 0 saturated heterocycles. The van der Waals surface area contributed by atoms with Crippen LogP contribution in [0.3, 0.4) is 0 Å². The van der Waals surface area contributed by atoms with Crippen LogP contribution in [0.15, 0.2) is 36.5 Å². The molecular weight excluding hydrogens is 231 g/mol. The van der Waals surface area contributed by atoms with Gasteiger partial charge in [-0.1, -0.05) is 19.1 Å². The maximum atomic E-state index is 12.8. The normalized spacial score (nSPS) is 12.6. The van der Waals surface area contributed by atoms with E-state index in [4.69, 9.17) is 0 Å². The first kappa shape index (κ1) is 12.8. The largest absolute Gasteiger partial charge is 0.386 e. The van der Waals surface area contributed by atoms with Gasteiger partial charge in [0, 0.05) is 19.2 Å². The molecular formula is C14H17FN2O. The Bertz CT molecular complexity index is 493. The van der Waals surface area contributed by atoms with Gasteiger partial charge in [0.25, 0.3) is 0 Å². The van der Waals surface area contributed by atoms with Crippen LogP contribution in [0.1, 0.15) is 30.7 Å². The second-order valence-electron chi connectivity index (χ2n) is 4.33. The second-order valence-corrected chi connectivity index (χ2v) is 4.33. The smallest absolute Gasteiger partial charge is 0.123 e. The van der Waals surface area contributed by atoms with Gasteiger partial charge in [-0.05, 0) is 30.2 Å². The lowest BCUT2D eigenvalue weighted by Crippen LogP contribution is -2.11. The molecule has 96 valence electrons.